The van der Waals surface area contributed by atoms with E-state index < -0.39 is 18.0 Å². The van der Waals surface area contributed by atoms with Crippen LogP contribution in [0.5, 0.6) is 0 Å². The lowest BCUT2D eigenvalue weighted by Crippen LogP contribution is -2.58. The van der Waals surface area contributed by atoms with Crippen molar-refractivity contribution in [2.45, 2.75) is 58.3 Å². The van der Waals surface area contributed by atoms with Crippen molar-refractivity contribution in [2.75, 3.05) is 18.9 Å². The molecule has 2 amide bonds. The molecule has 30 heavy (non-hydrogen) atoms. The maximum atomic E-state index is 13.2. The van der Waals surface area contributed by atoms with Crippen molar-refractivity contribution in [3.8, 4) is 0 Å². The van der Waals surface area contributed by atoms with E-state index in [0.717, 1.165) is 24.2 Å². The van der Waals surface area contributed by atoms with Gasteiger partial charge in [-0.05, 0) is 24.3 Å². The number of aromatic nitrogens is 1. The van der Waals surface area contributed by atoms with E-state index in [1.54, 1.807) is 18.1 Å². The molecule has 2 unspecified atom stereocenters. The molecule has 1 aromatic heterocycles. The molecule has 1 aromatic rings. The molecule has 2 aliphatic heterocycles. The second-order valence-corrected chi connectivity index (χ2v) is 9.40. The lowest BCUT2D eigenvalue weighted by atomic mass is 9.94. The summed E-state index contributed by atoms with van der Waals surface area (Å²) < 4.78 is 0. The largest absolute Gasteiger partial charge is 0.494 e. The Kier molecular flexibility index (Phi) is 5.09. The summed E-state index contributed by atoms with van der Waals surface area (Å²) in [5.41, 5.74) is 3.84. The minimum atomic E-state index is -0.514. The predicted molar refractivity (Wildman–Crippen MR) is 112 cm³/mol. The monoisotopic (exact) mass is 414 g/mol. The summed E-state index contributed by atoms with van der Waals surface area (Å²) in [6.07, 6.45) is 3.68. The number of hydrogen-bond acceptors (Lipinski definition) is 7. The molecule has 2 fully saturated rings. The van der Waals surface area contributed by atoms with Gasteiger partial charge < -0.3 is 20.6 Å². The van der Waals surface area contributed by atoms with E-state index in [2.05, 4.69) is 41.8 Å². The summed E-state index contributed by atoms with van der Waals surface area (Å²) in [6, 6.07) is 3.72. The SMILES string of the molecule is CNc1ncccc1C1CC2N(CC(C)(C)C)C(O)=C(C(=O)NC3CC3)C(=O)N2N1. The van der Waals surface area contributed by atoms with Crippen molar-refractivity contribution in [3.63, 3.8) is 0 Å². The molecule has 0 radical (unpaired) electrons. The van der Waals surface area contributed by atoms with Crippen LogP contribution in [0.25, 0.3) is 0 Å². The van der Waals surface area contributed by atoms with Crippen LogP contribution in [0.3, 0.4) is 0 Å². The molecule has 4 N–H and O–H groups in total. The highest BCUT2D eigenvalue weighted by molar-refractivity contribution is 6.19. The fourth-order valence-electron chi connectivity index (χ4n) is 4.06. The Morgan fingerprint density at radius 3 is 2.73 bits per heavy atom. The molecule has 4 rings (SSSR count). The first-order chi connectivity index (χ1) is 14.2. The summed E-state index contributed by atoms with van der Waals surface area (Å²) in [7, 11) is 1.80. The van der Waals surface area contributed by atoms with Crippen LogP contribution in [0.2, 0.25) is 0 Å². The van der Waals surface area contributed by atoms with Gasteiger partial charge in [-0.25, -0.2) is 15.4 Å². The van der Waals surface area contributed by atoms with Gasteiger partial charge >= 0.3 is 0 Å². The number of hydrazine groups is 1. The number of anilines is 1. The average molecular weight is 415 g/mol. The van der Waals surface area contributed by atoms with Crippen LogP contribution >= 0.6 is 0 Å². The Morgan fingerprint density at radius 2 is 2.10 bits per heavy atom. The van der Waals surface area contributed by atoms with Crippen molar-refractivity contribution >= 4 is 17.6 Å². The Bertz CT molecular complexity index is 889. The van der Waals surface area contributed by atoms with E-state index in [1.807, 2.05) is 12.1 Å². The molecule has 3 aliphatic rings. The van der Waals surface area contributed by atoms with Crippen LogP contribution in [0.4, 0.5) is 5.82 Å². The van der Waals surface area contributed by atoms with Gasteiger partial charge in [-0.3, -0.25) is 9.59 Å². The predicted octanol–water partition coefficient (Wildman–Crippen LogP) is 1.64. The van der Waals surface area contributed by atoms with Crippen molar-refractivity contribution in [3.05, 3.63) is 35.3 Å². The Morgan fingerprint density at radius 1 is 1.37 bits per heavy atom. The highest BCUT2D eigenvalue weighted by atomic mass is 16.3. The van der Waals surface area contributed by atoms with Crippen LogP contribution in [-0.4, -0.2) is 57.6 Å². The van der Waals surface area contributed by atoms with Crippen molar-refractivity contribution < 1.29 is 14.7 Å². The molecule has 0 aromatic carbocycles. The molecule has 2 atom stereocenters. The Balaban J connectivity index is 1.68. The number of carbonyl (C=O) groups excluding carboxylic acids is 2. The molecule has 0 bridgehead atoms. The zero-order valence-electron chi connectivity index (χ0n) is 17.9. The highest BCUT2D eigenvalue weighted by Crippen LogP contribution is 2.38. The number of hydrogen-bond donors (Lipinski definition) is 4. The average Bonchev–Trinajstić information content (AvgIpc) is 3.38. The molecule has 9 nitrogen and oxygen atoms in total. The van der Waals surface area contributed by atoms with Gasteiger partial charge in [0, 0.05) is 37.8 Å². The van der Waals surface area contributed by atoms with E-state index in [1.165, 1.54) is 5.01 Å². The van der Waals surface area contributed by atoms with Gasteiger partial charge in [-0.15, -0.1) is 0 Å². The first kappa shape index (κ1) is 20.5. The molecular weight excluding hydrogens is 384 g/mol. The van der Waals surface area contributed by atoms with E-state index in [-0.39, 0.29) is 29.0 Å². The van der Waals surface area contributed by atoms with E-state index >= 15 is 0 Å². The van der Waals surface area contributed by atoms with Crippen molar-refractivity contribution in [2.24, 2.45) is 5.41 Å². The third-order valence-electron chi connectivity index (χ3n) is 5.56. The van der Waals surface area contributed by atoms with Gasteiger partial charge in [0.2, 0.25) is 5.88 Å². The van der Waals surface area contributed by atoms with E-state index in [4.69, 9.17) is 0 Å². The number of rotatable bonds is 5. The second-order valence-electron chi connectivity index (χ2n) is 9.40. The second kappa shape index (κ2) is 7.46. The summed E-state index contributed by atoms with van der Waals surface area (Å²) in [4.78, 5) is 32.1. The van der Waals surface area contributed by atoms with E-state index in [0.29, 0.717) is 13.0 Å². The fourth-order valence-corrected chi connectivity index (χ4v) is 4.06. The number of nitrogens with zero attached hydrogens (tertiary/aromatic N) is 3. The van der Waals surface area contributed by atoms with Crippen molar-refractivity contribution in [1.82, 2.24) is 25.6 Å². The number of aliphatic hydroxyl groups excluding tert-OH is 1. The van der Waals surface area contributed by atoms with E-state index in [9.17, 15) is 14.7 Å². The molecule has 9 heteroatoms. The molecule has 1 saturated heterocycles. The quantitative estimate of drug-likeness (QED) is 0.542. The van der Waals surface area contributed by atoms with Gasteiger partial charge in [0.15, 0.2) is 5.57 Å². The minimum Gasteiger partial charge on any atom is -0.494 e. The molecule has 1 saturated carbocycles. The van der Waals surface area contributed by atoms with Crippen LogP contribution in [0, 0.1) is 5.41 Å². The Hall–Kier alpha value is -2.81. The number of fused-ring (bicyclic) bond motifs is 1. The van der Waals surface area contributed by atoms with Crippen molar-refractivity contribution in [1.29, 1.82) is 0 Å². The number of amides is 2. The van der Waals surface area contributed by atoms with Crippen LogP contribution < -0.4 is 16.1 Å². The van der Waals surface area contributed by atoms with Gasteiger partial charge in [0.25, 0.3) is 11.8 Å². The molecule has 0 spiro atoms. The first-order valence-corrected chi connectivity index (χ1v) is 10.4. The topological polar surface area (TPSA) is 110 Å². The van der Waals surface area contributed by atoms with Crippen LogP contribution in [0.1, 0.15) is 51.6 Å². The summed E-state index contributed by atoms with van der Waals surface area (Å²) in [5.74, 6) is -0.525. The highest BCUT2D eigenvalue weighted by Gasteiger charge is 2.49. The standard InChI is InChI=1S/C21H30N6O3/c1-21(2,3)11-26-15-10-14(13-6-5-9-23-17(13)22-4)25-27(15)20(30)16(19(26)29)18(28)24-12-7-8-12/h5-6,9,12,14-15,25,29H,7-8,10-11H2,1-4H3,(H,22,23)(H,24,28). The summed E-state index contributed by atoms with van der Waals surface area (Å²) in [5, 5.41) is 18.4. The first-order valence-electron chi connectivity index (χ1n) is 10.4. The zero-order chi connectivity index (χ0) is 21.6. The molecule has 1 aliphatic carbocycles. The van der Waals surface area contributed by atoms with Crippen LogP contribution in [-0.2, 0) is 9.59 Å². The molecular formula is C21H30N6O3. The lowest BCUT2D eigenvalue weighted by molar-refractivity contribution is -0.142. The number of nitrogens with one attached hydrogen (secondary N) is 3. The van der Waals surface area contributed by atoms with Gasteiger partial charge in [0.05, 0.1) is 6.04 Å². The van der Waals surface area contributed by atoms with Gasteiger partial charge in [0.1, 0.15) is 12.0 Å². The van der Waals surface area contributed by atoms with Crippen LogP contribution in [0.15, 0.2) is 29.8 Å². The summed E-state index contributed by atoms with van der Waals surface area (Å²) in [6.45, 7) is 6.68. The molecule has 162 valence electrons. The molecule has 3 heterocycles. The lowest BCUT2D eigenvalue weighted by Gasteiger charge is -2.42. The normalized spacial score (nSPS) is 24.2. The third-order valence-corrected chi connectivity index (χ3v) is 5.56. The maximum absolute atomic E-state index is 13.2. The number of pyridine rings is 1. The minimum absolute atomic E-state index is 0.0901. The maximum Gasteiger partial charge on any atom is 0.280 e. The Labute approximate surface area is 176 Å². The smallest absolute Gasteiger partial charge is 0.280 e. The third kappa shape index (κ3) is 3.81. The number of carbonyl (C=O) groups is 2. The zero-order valence-corrected chi connectivity index (χ0v) is 17.9. The van der Waals surface area contributed by atoms with Gasteiger partial charge in [-0.1, -0.05) is 26.8 Å². The number of aliphatic hydroxyl groups is 1. The fraction of sp³-hybridized carbons (Fsp3) is 0.571. The summed E-state index contributed by atoms with van der Waals surface area (Å²) >= 11 is 0. The van der Waals surface area contributed by atoms with Gasteiger partial charge in [-0.2, -0.15) is 0 Å².